The molecule has 10 saturated heterocycles. The Labute approximate surface area is 306 Å². The minimum atomic E-state index is -0.951. The maximum Gasteiger partial charge on any atom is 0.172 e. The Kier molecular flexibility index (Phi) is 10.0. The van der Waals surface area contributed by atoms with Crippen LogP contribution in [0.2, 0.25) is 0 Å². The summed E-state index contributed by atoms with van der Waals surface area (Å²) in [5.41, 5.74) is 2.17. The van der Waals surface area contributed by atoms with Crippen LogP contribution in [0.4, 0.5) is 0 Å². The summed E-state index contributed by atoms with van der Waals surface area (Å²) in [6, 6.07) is 0. The zero-order valence-electron chi connectivity index (χ0n) is 30.7. The van der Waals surface area contributed by atoms with E-state index in [1.54, 1.807) is 7.11 Å². The largest absolute Gasteiger partial charge is 0.394 e. The maximum absolute atomic E-state index is 14.0. The third kappa shape index (κ3) is 6.59. The highest BCUT2D eigenvalue weighted by molar-refractivity contribution is 5.79. The van der Waals surface area contributed by atoms with E-state index in [1.165, 1.54) is 0 Å². The highest BCUT2D eigenvalue weighted by Gasteiger charge is 2.68. The molecule has 0 saturated carbocycles. The molecular formula is C40H58O12. The molecule has 52 heavy (non-hydrogen) atoms. The fourth-order valence-electron chi connectivity index (χ4n) is 11.3. The van der Waals surface area contributed by atoms with E-state index in [2.05, 4.69) is 20.1 Å². The highest BCUT2D eigenvalue weighted by Crippen LogP contribution is 2.54. The zero-order valence-corrected chi connectivity index (χ0v) is 30.7. The van der Waals surface area contributed by atoms with Gasteiger partial charge in [-0.3, -0.25) is 4.79 Å². The predicted molar refractivity (Wildman–Crippen MR) is 184 cm³/mol. The molecule has 290 valence electrons. The normalized spacial score (nSPS) is 52.4. The molecule has 0 radical (unpaired) electrons. The van der Waals surface area contributed by atoms with E-state index in [9.17, 15) is 15.0 Å². The summed E-state index contributed by atoms with van der Waals surface area (Å²) in [6.07, 6.45) is 4.01. The van der Waals surface area contributed by atoms with E-state index in [1.807, 2.05) is 0 Å². The molecule has 10 aliphatic heterocycles. The molecule has 5 unspecified atom stereocenters. The fourth-order valence-corrected chi connectivity index (χ4v) is 11.3. The van der Waals surface area contributed by atoms with Crippen molar-refractivity contribution in [2.24, 2.45) is 11.8 Å². The van der Waals surface area contributed by atoms with E-state index in [4.69, 9.17) is 42.6 Å². The van der Waals surface area contributed by atoms with Gasteiger partial charge in [-0.15, -0.1) is 0 Å². The molecule has 10 rings (SSSR count). The SMILES string of the molecule is C=C1C2C[C@@H]3OC(C[C@H](O)CO)[C@H](OC)[C@H]3CC(=O)C[C@H]3CC[C@@H]4OC5[C@H]6O[C@@H]7C[C@](CCC8CC(=C)[C@H](CCC(C[C@H]1C)O2)O8)(O[C@H]6[C@H]4O3)O[C@H]57. The second-order valence-electron chi connectivity index (χ2n) is 17.4. The van der Waals surface area contributed by atoms with Crippen LogP contribution in [0, 0.1) is 11.8 Å². The third-order valence-electron chi connectivity index (χ3n) is 13.9. The molecule has 10 fully saturated rings. The first-order chi connectivity index (χ1) is 25.1. The third-order valence-corrected chi connectivity index (χ3v) is 13.9. The topological polar surface area (TPSA) is 141 Å². The van der Waals surface area contributed by atoms with E-state index < -0.39 is 24.1 Å². The summed E-state index contributed by atoms with van der Waals surface area (Å²) in [4.78, 5) is 14.0. The van der Waals surface area contributed by atoms with Gasteiger partial charge in [0.25, 0.3) is 0 Å². The van der Waals surface area contributed by atoms with Gasteiger partial charge in [-0.2, -0.15) is 0 Å². The summed E-state index contributed by atoms with van der Waals surface area (Å²) in [7, 11) is 1.63. The number of carbonyl (C=O) groups is 1. The molecule has 19 atom stereocenters. The van der Waals surface area contributed by atoms with Gasteiger partial charge in [0.1, 0.15) is 36.3 Å². The molecule has 0 aromatic rings. The van der Waals surface area contributed by atoms with Gasteiger partial charge in [0.2, 0.25) is 0 Å². The van der Waals surface area contributed by atoms with Crippen molar-refractivity contribution >= 4 is 5.78 Å². The number of carbonyl (C=O) groups excluding carboxylic acids is 1. The van der Waals surface area contributed by atoms with E-state index in [0.29, 0.717) is 25.7 Å². The van der Waals surface area contributed by atoms with Gasteiger partial charge in [-0.05, 0) is 62.0 Å². The predicted octanol–water partition coefficient (Wildman–Crippen LogP) is 3.47. The van der Waals surface area contributed by atoms with Gasteiger partial charge in [-0.25, -0.2) is 0 Å². The summed E-state index contributed by atoms with van der Waals surface area (Å²) in [5.74, 6) is -0.709. The average Bonchev–Trinajstić information content (AvgIpc) is 3.79. The van der Waals surface area contributed by atoms with Crippen LogP contribution in [0.5, 0.6) is 0 Å². The van der Waals surface area contributed by atoms with Gasteiger partial charge >= 0.3 is 0 Å². The van der Waals surface area contributed by atoms with Crippen LogP contribution in [0.3, 0.4) is 0 Å². The van der Waals surface area contributed by atoms with Crippen LogP contribution in [0.25, 0.3) is 0 Å². The first-order valence-electron chi connectivity index (χ1n) is 20.1. The number of aliphatic hydroxyl groups excluding tert-OH is 2. The van der Waals surface area contributed by atoms with Gasteiger partial charge < -0.3 is 52.8 Å². The summed E-state index contributed by atoms with van der Waals surface area (Å²) >= 11 is 0. The number of hydrogen-bond donors (Lipinski definition) is 2. The number of aliphatic hydroxyl groups is 2. The van der Waals surface area contributed by atoms with Crippen molar-refractivity contribution in [3.8, 4) is 0 Å². The number of ether oxygens (including phenoxy) is 9. The Balaban J connectivity index is 0.994. The van der Waals surface area contributed by atoms with Crippen LogP contribution >= 0.6 is 0 Å². The van der Waals surface area contributed by atoms with E-state index in [0.717, 1.165) is 49.7 Å². The number of hydrogen-bond acceptors (Lipinski definition) is 12. The smallest absolute Gasteiger partial charge is 0.172 e. The van der Waals surface area contributed by atoms with Crippen LogP contribution in [-0.4, -0.2) is 133 Å². The minimum Gasteiger partial charge on any atom is -0.394 e. The molecule has 10 aliphatic rings. The van der Waals surface area contributed by atoms with Crippen LogP contribution in [0.15, 0.2) is 24.3 Å². The van der Waals surface area contributed by atoms with Gasteiger partial charge in [-0.1, -0.05) is 20.1 Å². The van der Waals surface area contributed by atoms with Gasteiger partial charge in [0, 0.05) is 51.6 Å². The summed E-state index contributed by atoms with van der Waals surface area (Å²) in [6.45, 7) is 10.7. The van der Waals surface area contributed by atoms with E-state index >= 15 is 0 Å². The first-order valence-corrected chi connectivity index (χ1v) is 20.1. The number of fused-ring (bicyclic) bond motifs is 6. The lowest BCUT2D eigenvalue weighted by atomic mass is 9.81. The van der Waals surface area contributed by atoms with Crippen LogP contribution < -0.4 is 0 Å². The van der Waals surface area contributed by atoms with Crippen molar-refractivity contribution in [2.45, 2.75) is 194 Å². The summed E-state index contributed by atoms with van der Waals surface area (Å²) in [5, 5.41) is 20.1. The molecule has 2 N–H and O–H groups in total. The molecule has 10 heterocycles. The molecule has 1 spiro atoms. The molecule has 0 aliphatic carbocycles. The average molecular weight is 731 g/mol. The Morgan fingerprint density at radius 1 is 0.788 bits per heavy atom. The van der Waals surface area contributed by atoms with Crippen molar-refractivity contribution < 1.29 is 57.6 Å². The number of methoxy groups -OCH3 is 1. The standard InChI is InChI=1S/C40H58O12/c1-19-11-24-5-7-28-20(2)12-26(45-28)9-10-40-17-33-36(51-40)37-38(50-33)39(52-40)35-29(49-37)8-6-25(47-35)13-22(42)14-27-31(16-30(46-24)21(19)3)48-32(34(27)44-4)15-23(43)18-41/h19,23-39,41,43H,2-3,5-18H2,1,4H3/t19-,23+,24?,25-,26?,27+,28+,29+,30?,31+,32?,33-,34-,35+,36+,37?,38-,39+,40+/m1/s1. The zero-order chi connectivity index (χ0) is 35.9. The van der Waals surface area contributed by atoms with Gasteiger partial charge in [0.05, 0.1) is 73.8 Å². The van der Waals surface area contributed by atoms with Crippen LogP contribution in [-0.2, 0) is 47.4 Å². The fraction of sp³-hybridized carbons (Fsp3) is 0.875. The quantitative estimate of drug-likeness (QED) is 0.410. The van der Waals surface area contributed by atoms with Crippen LogP contribution in [0.1, 0.15) is 90.4 Å². The number of rotatable bonds is 4. The second-order valence-corrected chi connectivity index (χ2v) is 17.4. The molecular weight excluding hydrogens is 672 g/mol. The van der Waals surface area contributed by atoms with Crippen molar-refractivity contribution in [2.75, 3.05) is 13.7 Å². The van der Waals surface area contributed by atoms with Crippen molar-refractivity contribution in [1.82, 2.24) is 0 Å². The highest BCUT2D eigenvalue weighted by atomic mass is 16.8. The number of ketones is 1. The van der Waals surface area contributed by atoms with Gasteiger partial charge in [0.15, 0.2) is 5.79 Å². The maximum atomic E-state index is 14.0. The number of Topliss-reactive ketones (excluding diaryl/α,β-unsaturated/α-hetero) is 1. The van der Waals surface area contributed by atoms with Crippen molar-refractivity contribution in [3.05, 3.63) is 24.3 Å². The monoisotopic (exact) mass is 730 g/mol. The second kappa shape index (κ2) is 14.3. The first kappa shape index (κ1) is 36.4. The van der Waals surface area contributed by atoms with Crippen molar-refractivity contribution in [1.29, 1.82) is 0 Å². The van der Waals surface area contributed by atoms with Crippen molar-refractivity contribution in [3.63, 3.8) is 0 Å². The van der Waals surface area contributed by atoms with E-state index in [-0.39, 0.29) is 123 Å². The lowest BCUT2D eigenvalue weighted by Crippen LogP contribution is -2.61. The lowest BCUT2D eigenvalue weighted by molar-refractivity contribution is -0.292. The molecule has 0 aromatic heterocycles. The molecule has 12 bridgehead atoms. The molecule has 12 heteroatoms. The molecule has 12 nitrogen and oxygen atoms in total. The Morgan fingerprint density at radius 2 is 1.54 bits per heavy atom. The minimum absolute atomic E-state index is 0.0260. The Morgan fingerprint density at radius 3 is 2.37 bits per heavy atom. The molecule has 0 amide bonds. The Bertz CT molecular complexity index is 1370. The molecule has 0 aromatic carbocycles. The lowest BCUT2D eigenvalue weighted by Gasteiger charge is -2.47. The Hall–Kier alpha value is -1.29. The summed E-state index contributed by atoms with van der Waals surface area (Å²) < 4.78 is 59.8.